The molecule has 1 fully saturated rings. The lowest BCUT2D eigenvalue weighted by molar-refractivity contribution is 0.0743. The van der Waals surface area contributed by atoms with Crippen LogP contribution < -0.4 is 4.90 Å². The minimum atomic E-state index is 0.0883. The number of amides is 1. The number of piperazine rings is 1. The van der Waals surface area contributed by atoms with Crippen LogP contribution in [-0.4, -0.2) is 42.1 Å². The number of phenols is 1. The minimum absolute atomic E-state index is 0.0883. The Morgan fingerprint density at radius 2 is 1.75 bits per heavy atom. The first-order valence-corrected chi connectivity index (χ1v) is 11.2. The molecule has 2 aromatic carbocycles. The maximum Gasteiger partial charge on any atom is 0.255 e. The second-order valence-electron chi connectivity index (χ2n) is 6.68. The Morgan fingerprint density at radius 3 is 2.50 bits per heavy atom. The highest BCUT2D eigenvalue weighted by molar-refractivity contribution is 7.98. The van der Waals surface area contributed by atoms with Crippen LogP contribution in [0.15, 0.2) is 70.3 Å². The molecule has 0 atom stereocenters. The number of nitrogens with zero attached hydrogens (tertiary/aromatic N) is 2. The predicted molar refractivity (Wildman–Crippen MR) is 117 cm³/mol. The highest BCUT2D eigenvalue weighted by Gasteiger charge is 2.24. The first-order valence-electron chi connectivity index (χ1n) is 9.27. The van der Waals surface area contributed by atoms with Gasteiger partial charge < -0.3 is 14.9 Å². The zero-order chi connectivity index (χ0) is 19.3. The largest absolute Gasteiger partial charge is 0.506 e. The molecular weight excluding hydrogens is 388 g/mol. The molecule has 28 heavy (non-hydrogen) atoms. The Balaban J connectivity index is 1.42. The van der Waals surface area contributed by atoms with Crippen molar-refractivity contribution in [3.05, 3.63) is 76.5 Å². The van der Waals surface area contributed by atoms with E-state index in [1.165, 1.54) is 5.56 Å². The Morgan fingerprint density at radius 1 is 1.00 bits per heavy atom. The van der Waals surface area contributed by atoms with E-state index in [4.69, 9.17) is 0 Å². The van der Waals surface area contributed by atoms with E-state index in [1.807, 2.05) is 47.4 Å². The summed E-state index contributed by atoms with van der Waals surface area (Å²) in [5, 5.41) is 14.3. The van der Waals surface area contributed by atoms with Gasteiger partial charge >= 0.3 is 0 Å². The number of hydrogen-bond donors (Lipinski definition) is 1. The molecule has 1 amide bonds. The summed E-state index contributed by atoms with van der Waals surface area (Å²) in [5.41, 5.74) is 2.90. The number of hydrogen-bond acceptors (Lipinski definition) is 5. The van der Waals surface area contributed by atoms with Gasteiger partial charge in [-0.15, -0.1) is 11.8 Å². The van der Waals surface area contributed by atoms with Crippen LogP contribution in [0, 0.1) is 0 Å². The lowest BCUT2D eigenvalue weighted by atomic mass is 10.1. The number of thioether (sulfide) groups is 1. The van der Waals surface area contributed by atoms with E-state index in [0.717, 1.165) is 21.9 Å². The van der Waals surface area contributed by atoms with Gasteiger partial charge in [-0.25, -0.2) is 0 Å². The summed E-state index contributed by atoms with van der Waals surface area (Å²) in [6.07, 6.45) is 0. The van der Waals surface area contributed by atoms with Gasteiger partial charge in [-0.2, -0.15) is 11.3 Å². The molecule has 4 nitrogen and oxygen atoms in total. The maximum atomic E-state index is 13.1. The van der Waals surface area contributed by atoms with E-state index >= 15 is 0 Å². The monoisotopic (exact) mass is 410 g/mol. The van der Waals surface area contributed by atoms with Crippen LogP contribution in [0.1, 0.15) is 15.9 Å². The van der Waals surface area contributed by atoms with Crippen molar-refractivity contribution < 1.29 is 9.90 Å². The van der Waals surface area contributed by atoms with E-state index in [9.17, 15) is 9.90 Å². The molecule has 1 aliphatic heterocycles. The van der Waals surface area contributed by atoms with Gasteiger partial charge in [0, 0.05) is 36.8 Å². The molecule has 144 valence electrons. The Kier molecular flexibility index (Phi) is 5.88. The van der Waals surface area contributed by atoms with Crippen molar-refractivity contribution in [1.82, 2.24) is 4.90 Å². The van der Waals surface area contributed by atoms with E-state index in [2.05, 4.69) is 21.7 Å². The van der Waals surface area contributed by atoms with Crippen LogP contribution in [0.3, 0.4) is 0 Å². The van der Waals surface area contributed by atoms with Crippen molar-refractivity contribution in [2.45, 2.75) is 10.6 Å². The van der Waals surface area contributed by atoms with Crippen molar-refractivity contribution in [2.24, 2.45) is 0 Å². The van der Waals surface area contributed by atoms with Gasteiger partial charge in [0.2, 0.25) is 0 Å². The molecule has 2 heterocycles. The lowest BCUT2D eigenvalue weighted by Gasteiger charge is -2.36. The summed E-state index contributed by atoms with van der Waals surface area (Å²) >= 11 is 3.41. The summed E-state index contributed by atoms with van der Waals surface area (Å²) in [6, 6.07) is 17.4. The average molecular weight is 411 g/mol. The molecule has 1 saturated heterocycles. The van der Waals surface area contributed by atoms with Crippen LogP contribution >= 0.6 is 23.1 Å². The third-order valence-corrected chi connectivity index (χ3v) is 6.76. The van der Waals surface area contributed by atoms with Gasteiger partial charge in [0.15, 0.2) is 0 Å². The van der Waals surface area contributed by atoms with Crippen molar-refractivity contribution in [3.8, 4) is 5.75 Å². The second-order valence-corrected chi connectivity index (χ2v) is 8.48. The van der Waals surface area contributed by atoms with Crippen molar-refractivity contribution >= 4 is 34.7 Å². The molecule has 4 rings (SSSR count). The number of carbonyl (C=O) groups excluding carboxylic acids is 1. The normalized spacial score (nSPS) is 14.3. The van der Waals surface area contributed by atoms with E-state index < -0.39 is 0 Å². The molecule has 0 unspecified atom stereocenters. The first-order chi connectivity index (χ1) is 13.7. The molecule has 0 radical (unpaired) electrons. The number of anilines is 1. The molecule has 0 bridgehead atoms. The molecule has 1 N–H and O–H groups in total. The maximum absolute atomic E-state index is 13.1. The summed E-state index contributed by atoms with van der Waals surface area (Å²) < 4.78 is 0. The van der Waals surface area contributed by atoms with Crippen LogP contribution in [0.2, 0.25) is 0 Å². The number of thiophene rings is 1. The molecule has 0 aliphatic carbocycles. The van der Waals surface area contributed by atoms with Gasteiger partial charge in [0.05, 0.1) is 11.3 Å². The lowest BCUT2D eigenvalue weighted by Crippen LogP contribution is -2.48. The van der Waals surface area contributed by atoms with Crippen molar-refractivity contribution in [1.29, 1.82) is 0 Å². The molecule has 6 heteroatoms. The smallest absolute Gasteiger partial charge is 0.255 e. The standard InChI is InChI=1S/C22H22N2O2S2/c25-20-7-3-2-6-19(20)23-10-12-24(13-11-23)22(26)18-5-1-4-8-21(18)28-16-17-9-14-27-15-17/h1-9,14-15,25H,10-13,16H2. The Bertz CT molecular complexity index is 935. The van der Waals surface area contributed by atoms with E-state index in [-0.39, 0.29) is 11.7 Å². The third kappa shape index (κ3) is 4.18. The highest BCUT2D eigenvalue weighted by Crippen LogP contribution is 2.30. The molecular formula is C22H22N2O2S2. The van der Waals surface area contributed by atoms with Crippen LogP contribution in [-0.2, 0) is 5.75 Å². The predicted octanol–water partition coefficient (Wildman–Crippen LogP) is 4.71. The summed E-state index contributed by atoms with van der Waals surface area (Å²) in [7, 11) is 0. The number of rotatable bonds is 5. The Hall–Kier alpha value is -2.44. The van der Waals surface area contributed by atoms with Gasteiger partial charge in [-0.05, 0) is 46.7 Å². The SMILES string of the molecule is O=C(c1ccccc1SCc1ccsc1)N1CCN(c2ccccc2O)CC1. The van der Waals surface area contributed by atoms with Gasteiger partial charge in [0.25, 0.3) is 5.91 Å². The van der Waals surface area contributed by atoms with Gasteiger partial charge in [-0.3, -0.25) is 4.79 Å². The van der Waals surface area contributed by atoms with Gasteiger partial charge in [-0.1, -0.05) is 24.3 Å². The van der Waals surface area contributed by atoms with E-state index in [0.29, 0.717) is 26.2 Å². The highest BCUT2D eigenvalue weighted by atomic mass is 32.2. The number of phenolic OH excluding ortho intramolecular Hbond substituents is 1. The number of benzene rings is 2. The van der Waals surface area contributed by atoms with E-state index in [1.54, 1.807) is 29.2 Å². The van der Waals surface area contributed by atoms with Crippen molar-refractivity contribution in [3.63, 3.8) is 0 Å². The quantitative estimate of drug-likeness (QED) is 0.619. The number of aromatic hydroxyl groups is 1. The minimum Gasteiger partial charge on any atom is -0.506 e. The van der Waals surface area contributed by atoms with Gasteiger partial charge in [0.1, 0.15) is 5.75 Å². The van der Waals surface area contributed by atoms with Crippen LogP contribution in [0.5, 0.6) is 5.75 Å². The fraction of sp³-hybridized carbons (Fsp3) is 0.227. The first kappa shape index (κ1) is 18.9. The summed E-state index contributed by atoms with van der Waals surface area (Å²) in [5.74, 6) is 1.25. The summed E-state index contributed by atoms with van der Waals surface area (Å²) in [4.78, 5) is 18.2. The molecule has 3 aromatic rings. The zero-order valence-corrected chi connectivity index (χ0v) is 17.1. The number of carbonyl (C=O) groups is 1. The summed E-state index contributed by atoms with van der Waals surface area (Å²) in [6.45, 7) is 2.73. The molecule has 1 aromatic heterocycles. The van der Waals surface area contributed by atoms with Crippen LogP contribution in [0.25, 0.3) is 0 Å². The molecule has 0 saturated carbocycles. The van der Waals surface area contributed by atoms with Crippen molar-refractivity contribution in [2.75, 3.05) is 31.1 Å². The fourth-order valence-electron chi connectivity index (χ4n) is 3.36. The van der Waals surface area contributed by atoms with Crippen LogP contribution in [0.4, 0.5) is 5.69 Å². The molecule has 0 spiro atoms. The second kappa shape index (κ2) is 8.71. The fourth-order valence-corrected chi connectivity index (χ4v) is 5.12. The molecule has 1 aliphatic rings. The number of para-hydroxylation sites is 2. The Labute approximate surface area is 173 Å². The average Bonchev–Trinajstić information content (AvgIpc) is 3.26. The zero-order valence-electron chi connectivity index (χ0n) is 15.5. The third-order valence-electron chi connectivity index (χ3n) is 4.88. The topological polar surface area (TPSA) is 43.8 Å².